The molecule has 0 amide bonds. The lowest BCUT2D eigenvalue weighted by atomic mass is 10.0. The molecule has 380 valence electrons. The van der Waals surface area contributed by atoms with Crippen molar-refractivity contribution in [1.82, 2.24) is 0 Å². The predicted octanol–water partition coefficient (Wildman–Crippen LogP) is 18.6. The van der Waals surface area contributed by atoms with E-state index in [1.54, 1.807) is 0 Å². The molecule has 0 spiro atoms. The Morgan fingerprint density at radius 2 is 0.591 bits per heavy atom. The van der Waals surface area contributed by atoms with E-state index in [0.717, 1.165) is 83.5 Å². The molecule has 0 bridgehead atoms. The average molecular weight is 921 g/mol. The van der Waals surface area contributed by atoms with Crippen molar-refractivity contribution < 1.29 is 28.6 Å². The number of carbonyl (C=O) groups is 3. The maximum Gasteiger partial charge on any atom is 0.306 e. The first-order chi connectivity index (χ1) is 32.5. The fraction of sp³-hybridized carbons (Fsp3) is 0.750. The van der Waals surface area contributed by atoms with Crippen LogP contribution in [0.4, 0.5) is 0 Å². The molecule has 6 nitrogen and oxygen atoms in total. The zero-order valence-electron chi connectivity index (χ0n) is 43.4. The van der Waals surface area contributed by atoms with Crippen LogP contribution in [0.15, 0.2) is 72.9 Å². The van der Waals surface area contributed by atoms with E-state index < -0.39 is 6.10 Å². The molecule has 0 radical (unpaired) electrons. The van der Waals surface area contributed by atoms with Crippen molar-refractivity contribution in [3.8, 4) is 0 Å². The van der Waals surface area contributed by atoms with Gasteiger partial charge in [0, 0.05) is 19.3 Å². The number of hydrogen-bond donors (Lipinski definition) is 0. The van der Waals surface area contributed by atoms with Crippen molar-refractivity contribution in [3.05, 3.63) is 72.9 Å². The summed E-state index contributed by atoms with van der Waals surface area (Å²) in [4.78, 5) is 38.1. The molecule has 1 unspecified atom stereocenters. The highest BCUT2D eigenvalue weighted by Crippen LogP contribution is 2.15. The zero-order valence-corrected chi connectivity index (χ0v) is 43.4. The fourth-order valence-electron chi connectivity index (χ4n) is 7.82. The minimum absolute atomic E-state index is 0.0835. The van der Waals surface area contributed by atoms with Crippen LogP contribution in [0, 0.1) is 0 Å². The van der Waals surface area contributed by atoms with Gasteiger partial charge in [-0.2, -0.15) is 0 Å². The Kier molecular flexibility index (Phi) is 51.9. The topological polar surface area (TPSA) is 78.9 Å². The summed E-state index contributed by atoms with van der Waals surface area (Å²) in [5.74, 6) is -0.906. The van der Waals surface area contributed by atoms with Crippen LogP contribution in [0.2, 0.25) is 0 Å². The van der Waals surface area contributed by atoms with Gasteiger partial charge in [0.15, 0.2) is 6.10 Å². The first-order valence-corrected chi connectivity index (χ1v) is 28.0. The molecule has 66 heavy (non-hydrogen) atoms. The number of unbranched alkanes of at least 4 members (excludes halogenated alkanes) is 31. The van der Waals surface area contributed by atoms with Gasteiger partial charge >= 0.3 is 17.9 Å². The highest BCUT2D eigenvalue weighted by molar-refractivity contribution is 5.71. The molecular formula is C60H104O6. The number of ether oxygens (including phenoxy) is 3. The third kappa shape index (κ3) is 51.8. The summed E-state index contributed by atoms with van der Waals surface area (Å²) in [7, 11) is 0. The third-order valence-electron chi connectivity index (χ3n) is 12.0. The van der Waals surface area contributed by atoms with E-state index in [9.17, 15) is 14.4 Å². The Hall–Kier alpha value is -3.15. The fourth-order valence-corrected chi connectivity index (χ4v) is 7.82. The molecule has 0 saturated heterocycles. The van der Waals surface area contributed by atoms with Gasteiger partial charge in [-0.05, 0) is 64.2 Å². The van der Waals surface area contributed by atoms with Gasteiger partial charge in [-0.25, -0.2) is 0 Å². The highest BCUT2D eigenvalue weighted by Gasteiger charge is 2.19. The number of allylic oxidation sites excluding steroid dienone is 12. The molecule has 1 atom stereocenters. The van der Waals surface area contributed by atoms with Gasteiger partial charge < -0.3 is 14.2 Å². The normalized spacial score (nSPS) is 12.6. The van der Waals surface area contributed by atoms with Crippen LogP contribution in [0.25, 0.3) is 0 Å². The van der Waals surface area contributed by atoms with E-state index in [-0.39, 0.29) is 31.1 Å². The van der Waals surface area contributed by atoms with Crippen LogP contribution in [0.3, 0.4) is 0 Å². The Bertz CT molecular complexity index is 1240. The Morgan fingerprint density at radius 1 is 0.303 bits per heavy atom. The maximum atomic E-state index is 12.8. The molecule has 0 rings (SSSR count). The van der Waals surface area contributed by atoms with Crippen LogP contribution in [-0.2, 0) is 28.6 Å². The summed E-state index contributed by atoms with van der Waals surface area (Å²) in [5, 5.41) is 0. The van der Waals surface area contributed by atoms with Gasteiger partial charge in [-0.1, -0.05) is 261 Å². The largest absolute Gasteiger partial charge is 0.462 e. The summed E-state index contributed by atoms with van der Waals surface area (Å²) in [6, 6.07) is 0. The van der Waals surface area contributed by atoms with E-state index in [2.05, 4.69) is 69.4 Å². The molecule has 0 aliphatic rings. The van der Waals surface area contributed by atoms with Crippen molar-refractivity contribution in [3.63, 3.8) is 0 Å². The first kappa shape index (κ1) is 62.8. The lowest BCUT2D eigenvalue weighted by Crippen LogP contribution is -2.30. The molecular weight excluding hydrogens is 817 g/mol. The summed E-state index contributed by atoms with van der Waals surface area (Å²) in [6.07, 6.45) is 68.8. The standard InChI is InChI=1S/C60H104O6/c1-4-7-10-13-16-19-22-25-27-29-31-32-35-38-41-44-47-50-53-59(62)65-56-57(55-64-58(61)52-49-46-43-40-37-34-24-21-18-15-12-9-6-3)66-60(63)54-51-48-45-42-39-36-33-30-28-26-23-20-17-14-11-8-5-2/h10,13,16,19,22,25-29,31-32,57H,4-9,11-12,14-15,17-18,20-21,23-24,30,33-56H2,1-3H3/b13-10-,19-16-,25-22-,28-26-,29-27-,32-31-. The van der Waals surface area contributed by atoms with Crippen LogP contribution < -0.4 is 0 Å². The molecule has 6 heteroatoms. The molecule has 0 aromatic carbocycles. The molecule has 0 aliphatic carbocycles. The second-order valence-electron chi connectivity index (χ2n) is 18.6. The summed E-state index contributed by atoms with van der Waals surface area (Å²) in [5.41, 5.74) is 0. The number of carbonyl (C=O) groups excluding carboxylic acids is 3. The van der Waals surface area contributed by atoms with E-state index in [4.69, 9.17) is 14.2 Å². The van der Waals surface area contributed by atoms with Gasteiger partial charge in [0.2, 0.25) is 0 Å². The highest BCUT2D eigenvalue weighted by atomic mass is 16.6. The minimum atomic E-state index is -0.787. The van der Waals surface area contributed by atoms with Crippen molar-refractivity contribution in [2.24, 2.45) is 0 Å². The molecule has 0 fully saturated rings. The number of rotatable bonds is 50. The summed E-state index contributed by atoms with van der Waals surface area (Å²) >= 11 is 0. The van der Waals surface area contributed by atoms with Gasteiger partial charge in [-0.3, -0.25) is 14.4 Å². The maximum absolute atomic E-state index is 12.8. The van der Waals surface area contributed by atoms with Gasteiger partial charge in [0.1, 0.15) is 13.2 Å². The van der Waals surface area contributed by atoms with E-state index in [1.807, 2.05) is 24.3 Å². The van der Waals surface area contributed by atoms with E-state index >= 15 is 0 Å². The van der Waals surface area contributed by atoms with Gasteiger partial charge in [-0.15, -0.1) is 0 Å². The van der Waals surface area contributed by atoms with Crippen LogP contribution >= 0.6 is 0 Å². The Morgan fingerprint density at radius 3 is 0.955 bits per heavy atom. The second kappa shape index (κ2) is 54.5. The van der Waals surface area contributed by atoms with E-state index in [0.29, 0.717) is 19.3 Å². The Balaban J connectivity index is 4.43. The SMILES string of the molecule is CCC\C=C/C=C\C=C/C=C\C=C/CCCCCCCC(=O)OCC(COC(=O)CCCCCCCCCCCCCCC)OC(=O)CCCCCCCCC/C=C\CCCCCCCC. The molecule has 0 aromatic rings. The quantitative estimate of drug-likeness (QED) is 0.0199. The monoisotopic (exact) mass is 921 g/mol. The molecule has 0 saturated carbocycles. The summed E-state index contributed by atoms with van der Waals surface area (Å²) in [6.45, 7) is 6.54. The number of esters is 3. The molecule has 0 aromatic heterocycles. The van der Waals surface area contributed by atoms with E-state index in [1.165, 1.54) is 148 Å². The average Bonchev–Trinajstić information content (AvgIpc) is 3.31. The van der Waals surface area contributed by atoms with Gasteiger partial charge in [0.25, 0.3) is 0 Å². The summed E-state index contributed by atoms with van der Waals surface area (Å²) < 4.78 is 16.8. The smallest absolute Gasteiger partial charge is 0.306 e. The Labute approximate surface area is 408 Å². The zero-order chi connectivity index (χ0) is 47.9. The predicted molar refractivity (Wildman–Crippen MR) is 284 cm³/mol. The number of hydrogen-bond acceptors (Lipinski definition) is 6. The third-order valence-corrected chi connectivity index (χ3v) is 12.0. The lowest BCUT2D eigenvalue weighted by Gasteiger charge is -2.18. The lowest BCUT2D eigenvalue weighted by molar-refractivity contribution is -0.167. The van der Waals surface area contributed by atoms with Crippen LogP contribution in [-0.4, -0.2) is 37.2 Å². The molecule has 0 aliphatic heterocycles. The molecule has 0 N–H and O–H groups in total. The van der Waals surface area contributed by atoms with Gasteiger partial charge in [0.05, 0.1) is 0 Å². The van der Waals surface area contributed by atoms with Crippen molar-refractivity contribution in [2.75, 3.05) is 13.2 Å². The van der Waals surface area contributed by atoms with Crippen LogP contribution in [0.1, 0.15) is 271 Å². The van der Waals surface area contributed by atoms with Crippen molar-refractivity contribution in [2.45, 2.75) is 277 Å². The molecule has 0 heterocycles. The van der Waals surface area contributed by atoms with Crippen molar-refractivity contribution in [1.29, 1.82) is 0 Å². The van der Waals surface area contributed by atoms with Crippen LogP contribution in [0.5, 0.6) is 0 Å². The first-order valence-electron chi connectivity index (χ1n) is 28.0. The second-order valence-corrected chi connectivity index (χ2v) is 18.6. The van der Waals surface area contributed by atoms with Crippen molar-refractivity contribution >= 4 is 17.9 Å². The minimum Gasteiger partial charge on any atom is -0.462 e.